The lowest BCUT2D eigenvalue weighted by Gasteiger charge is -2.19. The third kappa shape index (κ3) is 4.87. The standard InChI is InChI=1S/C18H12BrCl2F3O/c1-10-6-13(8-16(20)17(10)21)14(18(22,23)24)5-3-11-2-4-12(9-25)15(19)7-11/h2-9,14H,1H3/b5-3+. The van der Waals surface area contributed by atoms with E-state index in [1.807, 2.05) is 0 Å². The Bertz CT molecular complexity index is 809. The van der Waals surface area contributed by atoms with Gasteiger partial charge in [-0.2, -0.15) is 13.2 Å². The smallest absolute Gasteiger partial charge is 0.298 e. The summed E-state index contributed by atoms with van der Waals surface area (Å²) in [6, 6.07) is 7.28. The van der Waals surface area contributed by atoms with Crippen LogP contribution in [0.5, 0.6) is 0 Å². The molecular weight excluding hydrogens is 440 g/mol. The van der Waals surface area contributed by atoms with Crippen molar-refractivity contribution < 1.29 is 18.0 Å². The van der Waals surface area contributed by atoms with Crippen molar-refractivity contribution in [3.05, 3.63) is 73.2 Å². The first-order chi connectivity index (χ1) is 11.6. The Morgan fingerprint density at radius 2 is 1.84 bits per heavy atom. The zero-order valence-electron chi connectivity index (χ0n) is 12.9. The highest BCUT2D eigenvalue weighted by atomic mass is 79.9. The normalized spacial score (nSPS) is 13.2. The minimum Gasteiger partial charge on any atom is -0.298 e. The molecule has 2 aromatic carbocycles. The first-order valence-electron chi connectivity index (χ1n) is 7.08. The highest BCUT2D eigenvalue weighted by molar-refractivity contribution is 9.10. The van der Waals surface area contributed by atoms with Gasteiger partial charge in [0.1, 0.15) is 0 Å². The SMILES string of the molecule is Cc1cc(C(/C=C/c2ccc(C=O)c(Br)c2)C(F)(F)F)cc(Cl)c1Cl. The molecule has 1 unspecified atom stereocenters. The predicted octanol–water partition coefficient (Wildman–Crippen LogP) is 7.24. The average molecular weight is 452 g/mol. The van der Waals surface area contributed by atoms with Gasteiger partial charge in [0, 0.05) is 10.0 Å². The molecule has 25 heavy (non-hydrogen) atoms. The number of aldehydes is 1. The summed E-state index contributed by atoms with van der Waals surface area (Å²) in [6.45, 7) is 1.60. The first-order valence-corrected chi connectivity index (χ1v) is 8.63. The van der Waals surface area contributed by atoms with E-state index in [2.05, 4.69) is 15.9 Å². The van der Waals surface area contributed by atoms with Gasteiger partial charge >= 0.3 is 6.18 Å². The highest BCUT2D eigenvalue weighted by Gasteiger charge is 2.39. The van der Waals surface area contributed by atoms with Crippen molar-refractivity contribution in [1.82, 2.24) is 0 Å². The molecule has 0 saturated heterocycles. The number of halogens is 6. The number of carbonyl (C=O) groups is 1. The van der Waals surface area contributed by atoms with Crippen LogP contribution < -0.4 is 0 Å². The lowest BCUT2D eigenvalue weighted by molar-refractivity contribution is -0.139. The molecule has 0 aromatic heterocycles. The molecule has 0 radical (unpaired) electrons. The Kier molecular flexibility index (Phi) is 6.35. The molecule has 1 nitrogen and oxygen atoms in total. The summed E-state index contributed by atoms with van der Waals surface area (Å²) in [6.07, 6.45) is -1.41. The van der Waals surface area contributed by atoms with Crippen LogP contribution in [-0.2, 0) is 0 Å². The number of rotatable bonds is 4. The van der Waals surface area contributed by atoms with Crippen LogP contribution in [0.3, 0.4) is 0 Å². The van der Waals surface area contributed by atoms with E-state index in [0.29, 0.717) is 27.4 Å². The molecule has 2 aromatic rings. The van der Waals surface area contributed by atoms with E-state index in [9.17, 15) is 18.0 Å². The van der Waals surface area contributed by atoms with Gasteiger partial charge < -0.3 is 0 Å². The third-order valence-electron chi connectivity index (χ3n) is 3.58. The van der Waals surface area contributed by atoms with Gasteiger partial charge in [0.05, 0.1) is 16.0 Å². The van der Waals surface area contributed by atoms with E-state index < -0.39 is 12.1 Å². The van der Waals surface area contributed by atoms with Gasteiger partial charge in [-0.3, -0.25) is 4.79 Å². The Labute approximate surface area is 161 Å². The molecular formula is C18H12BrCl2F3O. The highest BCUT2D eigenvalue weighted by Crippen LogP contribution is 2.39. The summed E-state index contributed by atoms with van der Waals surface area (Å²) < 4.78 is 41.0. The van der Waals surface area contributed by atoms with E-state index >= 15 is 0 Å². The van der Waals surface area contributed by atoms with E-state index in [0.717, 1.165) is 6.08 Å². The maximum absolute atomic E-state index is 13.5. The molecule has 0 N–H and O–H groups in total. The van der Waals surface area contributed by atoms with Crippen molar-refractivity contribution >= 4 is 51.5 Å². The number of hydrogen-bond donors (Lipinski definition) is 0. The first kappa shape index (κ1) is 20.0. The molecule has 0 aliphatic rings. The summed E-state index contributed by atoms with van der Waals surface area (Å²) in [7, 11) is 0. The molecule has 0 spiro atoms. The largest absolute Gasteiger partial charge is 0.399 e. The summed E-state index contributed by atoms with van der Waals surface area (Å²) in [5, 5.41) is 0.320. The van der Waals surface area contributed by atoms with Crippen LogP contribution in [-0.4, -0.2) is 12.5 Å². The quantitative estimate of drug-likeness (QED) is 0.448. The molecule has 0 aliphatic heterocycles. The van der Waals surface area contributed by atoms with E-state index in [1.165, 1.54) is 24.3 Å². The molecule has 132 valence electrons. The van der Waals surface area contributed by atoms with Crippen LogP contribution in [0, 0.1) is 6.92 Å². The number of hydrogen-bond acceptors (Lipinski definition) is 1. The van der Waals surface area contributed by atoms with Crippen LogP contribution in [0.25, 0.3) is 6.08 Å². The topological polar surface area (TPSA) is 17.1 Å². The Balaban J connectivity index is 2.43. The number of benzene rings is 2. The minimum atomic E-state index is -4.49. The zero-order chi connectivity index (χ0) is 18.8. The second kappa shape index (κ2) is 7.94. The second-order valence-corrected chi connectivity index (χ2v) is 7.05. The zero-order valence-corrected chi connectivity index (χ0v) is 16.0. The fraction of sp³-hybridized carbons (Fsp3) is 0.167. The maximum atomic E-state index is 13.5. The van der Waals surface area contributed by atoms with Gasteiger partial charge in [0.15, 0.2) is 6.29 Å². The lowest BCUT2D eigenvalue weighted by Crippen LogP contribution is -2.19. The summed E-state index contributed by atoms with van der Waals surface area (Å²) >= 11 is 15.1. The summed E-state index contributed by atoms with van der Waals surface area (Å²) in [5.41, 5.74) is 1.44. The average Bonchev–Trinajstić information content (AvgIpc) is 2.51. The molecule has 0 amide bonds. The van der Waals surface area contributed by atoms with E-state index in [-0.39, 0.29) is 15.6 Å². The van der Waals surface area contributed by atoms with Gasteiger partial charge in [0.25, 0.3) is 0 Å². The Hall–Kier alpha value is -1.30. The van der Waals surface area contributed by atoms with Crippen molar-refractivity contribution in [1.29, 1.82) is 0 Å². The number of alkyl halides is 3. The summed E-state index contributed by atoms with van der Waals surface area (Å²) in [4.78, 5) is 10.8. The van der Waals surface area contributed by atoms with Crippen molar-refractivity contribution in [3.8, 4) is 0 Å². The van der Waals surface area contributed by atoms with E-state index in [4.69, 9.17) is 23.2 Å². The second-order valence-electron chi connectivity index (χ2n) is 5.41. The molecule has 0 aliphatic carbocycles. The maximum Gasteiger partial charge on any atom is 0.399 e. The molecule has 0 heterocycles. The fourth-order valence-electron chi connectivity index (χ4n) is 2.29. The van der Waals surface area contributed by atoms with Gasteiger partial charge in [0.2, 0.25) is 0 Å². The van der Waals surface area contributed by atoms with Gasteiger partial charge in [-0.25, -0.2) is 0 Å². The van der Waals surface area contributed by atoms with Crippen LogP contribution in [0.4, 0.5) is 13.2 Å². The van der Waals surface area contributed by atoms with Gasteiger partial charge in [-0.1, -0.05) is 63.4 Å². The number of aryl methyl sites for hydroxylation is 1. The molecule has 7 heteroatoms. The number of allylic oxidation sites excluding steroid dienone is 1. The minimum absolute atomic E-state index is 0.0132. The molecule has 0 saturated carbocycles. The van der Waals surface area contributed by atoms with Crippen molar-refractivity contribution in [2.24, 2.45) is 0 Å². The van der Waals surface area contributed by atoms with Crippen LogP contribution in [0.1, 0.15) is 33.0 Å². The third-order valence-corrected chi connectivity index (χ3v) is 5.16. The molecule has 0 fully saturated rings. The van der Waals surface area contributed by atoms with E-state index in [1.54, 1.807) is 19.1 Å². The van der Waals surface area contributed by atoms with Crippen molar-refractivity contribution in [3.63, 3.8) is 0 Å². The van der Waals surface area contributed by atoms with Crippen LogP contribution in [0.15, 0.2) is 40.9 Å². The van der Waals surface area contributed by atoms with Crippen molar-refractivity contribution in [2.45, 2.75) is 19.0 Å². The van der Waals surface area contributed by atoms with Crippen LogP contribution >= 0.6 is 39.1 Å². The molecule has 0 bridgehead atoms. The van der Waals surface area contributed by atoms with Crippen molar-refractivity contribution in [2.75, 3.05) is 0 Å². The Morgan fingerprint density at radius 1 is 1.16 bits per heavy atom. The molecule has 1 atom stereocenters. The summed E-state index contributed by atoms with van der Waals surface area (Å²) in [5.74, 6) is -1.83. The predicted molar refractivity (Wildman–Crippen MR) is 98.6 cm³/mol. The van der Waals surface area contributed by atoms with Gasteiger partial charge in [-0.15, -0.1) is 0 Å². The fourth-order valence-corrected chi connectivity index (χ4v) is 3.17. The lowest BCUT2D eigenvalue weighted by atomic mass is 9.95. The Morgan fingerprint density at radius 3 is 2.36 bits per heavy atom. The molecule has 2 rings (SSSR count). The van der Waals surface area contributed by atoms with Crippen LogP contribution in [0.2, 0.25) is 10.0 Å². The van der Waals surface area contributed by atoms with Gasteiger partial charge in [-0.05, 0) is 41.8 Å². The monoisotopic (exact) mass is 450 g/mol. The number of carbonyl (C=O) groups excluding carboxylic acids is 1.